The Morgan fingerprint density at radius 1 is 1.59 bits per heavy atom. The zero-order valence-electron chi connectivity index (χ0n) is 11.4. The maximum Gasteiger partial charge on any atom is 0.326 e. The molecule has 1 aliphatic heterocycles. The van der Waals surface area contributed by atoms with Crippen molar-refractivity contribution in [2.24, 2.45) is 5.92 Å². The van der Waals surface area contributed by atoms with Crippen LogP contribution in [0.1, 0.15) is 40.0 Å². The third kappa shape index (κ3) is 3.42. The summed E-state index contributed by atoms with van der Waals surface area (Å²) < 4.78 is 10.7. The Morgan fingerprint density at radius 3 is 2.82 bits per heavy atom. The van der Waals surface area contributed by atoms with Gasteiger partial charge in [0.25, 0.3) is 0 Å². The zero-order valence-corrected chi connectivity index (χ0v) is 11.4. The Labute approximate surface area is 104 Å². The summed E-state index contributed by atoms with van der Waals surface area (Å²) >= 11 is 0. The lowest BCUT2D eigenvalue weighted by Gasteiger charge is -2.40. The van der Waals surface area contributed by atoms with E-state index in [0.29, 0.717) is 25.4 Å². The van der Waals surface area contributed by atoms with Crippen LogP contribution in [0.2, 0.25) is 0 Å². The fourth-order valence-corrected chi connectivity index (χ4v) is 2.29. The molecule has 0 aromatic rings. The Kier molecular flexibility index (Phi) is 5.40. The minimum absolute atomic E-state index is 0.132. The molecule has 1 fully saturated rings. The summed E-state index contributed by atoms with van der Waals surface area (Å²) in [6, 6.07) is 0. The summed E-state index contributed by atoms with van der Waals surface area (Å²) in [6.07, 6.45) is 2.54. The molecule has 100 valence electrons. The highest BCUT2D eigenvalue weighted by Gasteiger charge is 2.44. The molecule has 1 saturated heterocycles. The SMILES string of the molecule is CCCNC1(C(=O)OC)CCOC(C(C)C)C1. The van der Waals surface area contributed by atoms with E-state index in [4.69, 9.17) is 9.47 Å². The smallest absolute Gasteiger partial charge is 0.326 e. The molecule has 0 aromatic carbocycles. The Balaban J connectivity index is 2.78. The van der Waals surface area contributed by atoms with Gasteiger partial charge in [-0.15, -0.1) is 0 Å². The molecular weight excluding hydrogens is 218 g/mol. The molecule has 1 aliphatic rings. The molecule has 0 amide bonds. The number of ether oxygens (including phenoxy) is 2. The molecule has 2 atom stereocenters. The summed E-state index contributed by atoms with van der Waals surface area (Å²) in [7, 11) is 1.46. The van der Waals surface area contributed by atoms with Crippen molar-refractivity contribution in [3.8, 4) is 0 Å². The predicted octanol–water partition coefficient (Wildman–Crippen LogP) is 1.73. The Bertz CT molecular complexity index is 255. The van der Waals surface area contributed by atoms with Gasteiger partial charge in [0.15, 0.2) is 0 Å². The lowest BCUT2D eigenvalue weighted by Crippen LogP contribution is -2.58. The largest absolute Gasteiger partial charge is 0.468 e. The van der Waals surface area contributed by atoms with Crippen LogP contribution >= 0.6 is 0 Å². The number of carbonyl (C=O) groups excluding carboxylic acids is 1. The molecule has 1 rings (SSSR count). The first-order valence-electron chi connectivity index (χ1n) is 6.50. The van der Waals surface area contributed by atoms with E-state index in [-0.39, 0.29) is 12.1 Å². The summed E-state index contributed by atoms with van der Waals surface area (Å²) in [5.41, 5.74) is -0.544. The molecule has 0 aliphatic carbocycles. The van der Waals surface area contributed by atoms with Crippen molar-refractivity contribution in [1.29, 1.82) is 0 Å². The van der Waals surface area contributed by atoms with E-state index in [2.05, 4.69) is 26.1 Å². The van der Waals surface area contributed by atoms with Crippen molar-refractivity contribution in [2.45, 2.75) is 51.7 Å². The van der Waals surface area contributed by atoms with Crippen LogP contribution in [0.3, 0.4) is 0 Å². The zero-order chi connectivity index (χ0) is 12.9. The van der Waals surface area contributed by atoms with Gasteiger partial charge in [-0.1, -0.05) is 20.8 Å². The predicted molar refractivity (Wildman–Crippen MR) is 66.9 cm³/mol. The number of hydrogen-bond acceptors (Lipinski definition) is 4. The summed E-state index contributed by atoms with van der Waals surface area (Å²) in [4.78, 5) is 12.0. The van der Waals surface area contributed by atoms with Crippen LogP contribution in [0.5, 0.6) is 0 Å². The van der Waals surface area contributed by atoms with Gasteiger partial charge in [0.05, 0.1) is 13.2 Å². The van der Waals surface area contributed by atoms with Gasteiger partial charge < -0.3 is 14.8 Å². The van der Waals surface area contributed by atoms with E-state index in [9.17, 15) is 4.79 Å². The monoisotopic (exact) mass is 243 g/mol. The van der Waals surface area contributed by atoms with Crippen LogP contribution < -0.4 is 5.32 Å². The maximum atomic E-state index is 12.0. The normalized spacial score (nSPS) is 29.4. The standard InChI is InChI=1S/C13H25NO3/c1-5-7-14-13(12(15)16-4)6-8-17-11(9-13)10(2)3/h10-11,14H,5-9H2,1-4H3. The van der Waals surface area contributed by atoms with Crippen molar-refractivity contribution >= 4 is 5.97 Å². The summed E-state index contributed by atoms with van der Waals surface area (Å²) in [5, 5.41) is 3.37. The van der Waals surface area contributed by atoms with Crippen LogP contribution in [-0.2, 0) is 14.3 Å². The maximum absolute atomic E-state index is 12.0. The number of hydrogen-bond donors (Lipinski definition) is 1. The van der Waals surface area contributed by atoms with Gasteiger partial charge in [0, 0.05) is 13.0 Å². The third-order valence-electron chi connectivity index (χ3n) is 3.44. The first-order valence-corrected chi connectivity index (χ1v) is 6.50. The van der Waals surface area contributed by atoms with Crippen LogP contribution in [-0.4, -0.2) is 37.9 Å². The van der Waals surface area contributed by atoms with Gasteiger partial charge in [-0.05, 0) is 25.3 Å². The summed E-state index contributed by atoms with van der Waals surface area (Å²) in [5.74, 6) is 0.266. The van der Waals surface area contributed by atoms with Crippen molar-refractivity contribution in [3.05, 3.63) is 0 Å². The fraction of sp³-hybridized carbons (Fsp3) is 0.923. The first-order chi connectivity index (χ1) is 8.05. The van der Waals surface area contributed by atoms with Crippen LogP contribution in [0.4, 0.5) is 0 Å². The van der Waals surface area contributed by atoms with Crippen LogP contribution in [0, 0.1) is 5.92 Å². The van der Waals surface area contributed by atoms with Gasteiger partial charge in [0.1, 0.15) is 5.54 Å². The quantitative estimate of drug-likeness (QED) is 0.747. The molecule has 1 N–H and O–H groups in total. The molecule has 0 spiro atoms. The topological polar surface area (TPSA) is 47.6 Å². The van der Waals surface area contributed by atoms with E-state index in [1.54, 1.807) is 0 Å². The number of nitrogens with one attached hydrogen (secondary N) is 1. The first kappa shape index (κ1) is 14.5. The van der Waals surface area contributed by atoms with Gasteiger partial charge in [0.2, 0.25) is 0 Å². The summed E-state index contributed by atoms with van der Waals surface area (Å²) in [6.45, 7) is 7.79. The van der Waals surface area contributed by atoms with E-state index >= 15 is 0 Å². The molecule has 4 heteroatoms. The van der Waals surface area contributed by atoms with Gasteiger partial charge in [-0.25, -0.2) is 0 Å². The number of esters is 1. The highest BCUT2D eigenvalue weighted by molar-refractivity contribution is 5.81. The van der Waals surface area contributed by atoms with E-state index in [1.807, 2.05) is 0 Å². The lowest BCUT2D eigenvalue weighted by atomic mass is 9.83. The van der Waals surface area contributed by atoms with Crippen molar-refractivity contribution in [1.82, 2.24) is 5.32 Å². The van der Waals surface area contributed by atoms with Gasteiger partial charge in [-0.3, -0.25) is 4.79 Å². The molecular formula is C13H25NO3. The van der Waals surface area contributed by atoms with Crippen LogP contribution in [0.15, 0.2) is 0 Å². The molecule has 0 aromatic heterocycles. The second-order valence-corrected chi connectivity index (χ2v) is 5.11. The Morgan fingerprint density at radius 2 is 2.29 bits per heavy atom. The molecule has 0 bridgehead atoms. The third-order valence-corrected chi connectivity index (χ3v) is 3.44. The highest BCUT2D eigenvalue weighted by Crippen LogP contribution is 2.29. The number of methoxy groups -OCH3 is 1. The molecule has 17 heavy (non-hydrogen) atoms. The molecule has 0 saturated carbocycles. The van der Waals surface area contributed by atoms with Gasteiger partial charge >= 0.3 is 5.97 Å². The average molecular weight is 243 g/mol. The molecule has 0 radical (unpaired) electrons. The van der Waals surface area contributed by atoms with Gasteiger partial charge in [-0.2, -0.15) is 0 Å². The number of rotatable bonds is 5. The van der Waals surface area contributed by atoms with E-state index in [0.717, 1.165) is 13.0 Å². The number of carbonyl (C=O) groups is 1. The van der Waals surface area contributed by atoms with Crippen molar-refractivity contribution in [3.63, 3.8) is 0 Å². The lowest BCUT2D eigenvalue weighted by molar-refractivity contribution is -0.157. The minimum Gasteiger partial charge on any atom is -0.468 e. The second kappa shape index (κ2) is 6.36. The Hall–Kier alpha value is -0.610. The van der Waals surface area contributed by atoms with Crippen LogP contribution in [0.25, 0.3) is 0 Å². The van der Waals surface area contributed by atoms with Crippen molar-refractivity contribution < 1.29 is 14.3 Å². The fourth-order valence-electron chi connectivity index (χ4n) is 2.29. The van der Waals surface area contributed by atoms with E-state index in [1.165, 1.54) is 7.11 Å². The van der Waals surface area contributed by atoms with Crippen molar-refractivity contribution in [2.75, 3.05) is 20.3 Å². The molecule has 2 unspecified atom stereocenters. The molecule has 4 nitrogen and oxygen atoms in total. The molecule has 1 heterocycles. The van der Waals surface area contributed by atoms with E-state index < -0.39 is 5.54 Å². The highest BCUT2D eigenvalue weighted by atomic mass is 16.5. The average Bonchev–Trinajstić information content (AvgIpc) is 2.35. The minimum atomic E-state index is -0.544. The second-order valence-electron chi connectivity index (χ2n) is 5.11.